The van der Waals surface area contributed by atoms with Crippen molar-refractivity contribution in [2.24, 2.45) is 10.1 Å². The number of hydrazine groups is 1. The first-order chi connectivity index (χ1) is 16.5. The van der Waals surface area contributed by atoms with Crippen LogP contribution in [0.4, 0.5) is 5.69 Å². The number of carbonyl (C=O) groups excluding carboxylic acids is 1. The smallest absolute Gasteiger partial charge is 0.239 e. The van der Waals surface area contributed by atoms with Crippen molar-refractivity contribution in [3.8, 4) is 11.5 Å². The summed E-state index contributed by atoms with van der Waals surface area (Å²) in [6.45, 7) is 1.76. The van der Waals surface area contributed by atoms with Gasteiger partial charge in [-0.05, 0) is 35.9 Å². The number of benzene rings is 3. The van der Waals surface area contributed by atoms with Crippen molar-refractivity contribution in [2.45, 2.75) is 13.5 Å². The van der Waals surface area contributed by atoms with Crippen LogP contribution in [0.1, 0.15) is 23.6 Å². The van der Waals surface area contributed by atoms with E-state index in [1.54, 1.807) is 19.2 Å². The Morgan fingerprint density at radius 3 is 2.44 bits per heavy atom. The molecule has 0 saturated heterocycles. The Bertz CT molecular complexity index is 1260. The molecule has 0 aliphatic carbocycles. The summed E-state index contributed by atoms with van der Waals surface area (Å²) >= 11 is 6.12. The van der Waals surface area contributed by atoms with Gasteiger partial charge in [0.05, 0.1) is 26.5 Å². The molecule has 0 fully saturated rings. The molecule has 174 valence electrons. The van der Waals surface area contributed by atoms with Crippen LogP contribution in [0.2, 0.25) is 5.02 Å². The molecule has 9 heteroatoms. The van der Waals surface area contributed by atoms with Crippen molar-refractivity contribution in [1.82, 2.24) is 15.9 Å². The molecule has 3 aromatic carbocycles. The van der Waals surface area contributed by atoms with Gasteiger partial charge in [0.2, 0.25) is 11.9 Å². The van der Waals surface area contributed by atoms with Crippen LogP contribution in [0.3, 0.4) is 0 Å². The van der Waals surface area contributed by atoms with Crippen LogP contribution in [-0.4, -0.2) is 36.8 Å². The Balaban J connectivity index is 1.82. The molecule has 0 unspecified atom stereocenters. The van der Waals surface area contributed by atoms with E-state index in [0.717, 1.165) is 22.4 Å². The van der Waals surface area contributed by atoms with Crippen LogP contribution < -0.4 is 20.3 Å². The third kappa shape index (κ3) is 5.13. The first-order valence-electron chi connectivity index (χ1n) is 10.5. The Kier molecular flexibility index (Phi) is 6.98. The van der Waals surface area contributed by atoms with Gasteiger partial charge in [0.25, 0.3) is 0 Å². The van der Waals surface area contributed by atoms with Gasteiger partial charge < -0.3 is 9.47 Å². The predicted octanol–water partition coefficient (Wildman–Crippen LogP) is 4.25. The second kappa shape index (κ2) is 10.3. The largest absolute Gasteiger partial charge is 0.493 e. The van der Waals surface area contributed by atoms with Crippen LogP contribution in [0.15, 0.2) is 76.8 Å². The van der Waals surface area contributed by atoms with Crippen molar-refractivity contribution in [2.75, 3.05) is 14.2 Å². The summed E-state index contributed by atoms with van der Waals surface area (Å²) in [5, 5.41) is 7.29. The number of para-hydroxylation sites is 1. The van der Waals surface area contributed by atoms with Crippen molar-refractivity contribution >= 4 is 34.9 Å². The number of hydrogen-bond donors (Lipinski definition) is 2. The predicted molar refractivity (Wildman–Crippen MR) is 133 cm³/mol. The lowest BCUT2D eigenvalue weighted by Crippen LogP contribution is -2.47. The highest BCUT2D eigenvalue weighted by molar-refractivity contribution is 6.30. The molecule has 1 amide bonds. The average molecular weight is 478 g/mol. The maximum absolute atomic E-state index is 11.6. The number of hydrazone groups is 1. The number of methoxy groups -OCH3 is 2. The molecule has 34 heavy (non-hydrogen) atoms. The quantitative estimate of drug-likeness (QED) is 0.536. The minimum absolute atomic E-state index is 0.256. The van der Waals surface area contributed by atoms with Gasteiger partial charge in [-0.3, -0.25) is 15.6 Å². The monoisotopic (exact) mass is 477 g/mol. The Hall–Kier alpha value is -4.04. The summed E-state index contributed by atoms with van der Waals surface area (Å²) < 4.78 is 10.8. The van der Waals surface area contributed by atoms with Crippen LogP contribution >= 0.6 is 11.6 Å². The van der Waals surface area contributed by atoms with E-state index >= 15 is 0 Å². The highest BCUT2D eigenvalue weighted by atomic mass is 35.5. The highest BCUT2D eigenvalue weighted by Crippen LogP contribution is 2.30. The standard InChI is InChI=1S/C25H24ClN5O3/c1-16(32)28-29-25-27-21-7-5-4-6-20(21)24(18-9-11-19(26)12-10-18)30-31(25)15-17-8-13-22(33-2)23(14-17)34-3/h4-14H,15H2,1-3H3,(H,27,29)(H,28,32). The number of guanidine groups is 1. The lowest BCUT2D eigenvalue weighted by Gasteiger charge is -2.22. The first kappa shape index (κ1) is 23.1. The number of aliphatic imine (C=N–C) groups is 1. The SMILES string of the molecule is COc1ccc(CN2N=C(c3ccc(Cl)cc3)c3ccccc3N=C2NNC(C)=O)cc1OC. The topological polar surface area (TPSA) is 87.5 Å². The number of nitrogens with one attached hydrogen (secondary N) is 2. The summed E-state index contributed by atoms with van der Waals surface area (Å²) in [5.74, 6) is 1.34. The summed E-state index contributed by atoms with van der Waals surface area (Å²) in [5.41, 5.74) is 9.55. The number of hydrogen-bond acceptors (Lipinski definition) is 7. The van der Waals surface area contributed by atoms with E-state index in [4.69, 9.17) is 31.2 Å². The summed E-state index contributed by atoms with van der Waals surface area (Å²) in [6.07, 6.45) is 0. The molecule has 8 nitrogen and oxygen atoms in total. The maximum atomic E-state index is 11.6. The van der Waals surface area contributed by atoms with Gasteiger partial charge in [-0.25, -0.2) is 10.0 Å². The molecule has 1 aliphatic rings. The molecule has 3 aromatic rings. The molecule has 1 heterocycles. The molecule has 0 bridgehead atoms. The van der Waals surface area contributed by atoms with Gasteiger partial charge in [0.15, 0.2) is 11.5 Å². The van der Waals surface area contributed by atoms with E-state index in [0.29, 0.717) is 34.7 Å². The fourth-order valence-corrected chi connectivity index (χ4v) is 3.61. The molecule has 0 atom stereocenters. The number of fused-ring (bicyclic) bond motifs is 1. The summed E-state index contributed by atoms with van der Waals surface area (Å²) in [4.78, 5) is 16.4. The second-order valence-electron chi connectivity index (χ2n) is 7.46. The zero-order chi connectivity index (χ0) is 24.1. The minimum Gasteiger partial charge on any atom is -0.493 e. The van der Waals surface area contributed by atoms with Crippen molar-refractivity contribution in [3.63, 3.8) is 0 Å². The van der Waals surface area contributed by atoms with E-state index in [1.807, 2.05) is 66.7 Å². The minimum atomic E-state index is -0.256. The first-order valence-corrected chi connectivity index (χ1v) is 10.9. The van der Waals surface area contributed by atoms with Gasteiger partial charge in [0.1, 0.15) is 5.71 Å². The number of rotatable bonds is 5. The molecular formula is C25H24ClN5O3. The van der Waals surface area contributed by atoms with Gasteiger partial charge in [-0.1, -0.05) is 48.0 Å². The highest BCUT2D eigenvalue weighted by Gasteiger charge is 2.22. The van der Waals surface area contributed by atoms with Gasteiger partial charge >= 0.3 is 0 Å². The fraction of sp³-hybridized carbons (Fsp3) is 0.160. The van der Waals surface area contributed by atoms with E-state index < -0.39 is 0 Å². The number of carbonyl (C=O) groups is 1. The number of nitrogens with zero attached hydrogens (tertiary/aromatic N) is 3. The third-order valence-electron chi connectivity index (χ3n) is 5.10. The molecule has 0 aromatic heterocycles. The number of amides is 1. The summed E-state index contributed by atoms with van der Waals surface area (Å²) in [7, 11) is 3.18. The number of halogens is 1. The van der Waals surface area contributed by atoms with E-state index in [-0.39, 0.29) is 5.91 Å². The zero-order valence-electron chi connectivity index (χ0n) is 19.0. The van der Waals surface area contributed by atoms with Gasteiger partial charge in [-0.2, -0.15) is 5.10 Å². The van der Waals surface area contributed by atoms with Crippen LogP contribution in [-0.2, 0) is 11.3 Å². The average Bonchev–Trinajstić information content (AvgIpc) is 3.00. The van der Waals surface area contributed by atoms with Crippen molar-refractivity contribution < 1.29 is 14.3 Å². The van der Waals surface area contributed by atoms with Crippen LogP contribution in [0.25, 0.3) is 0 Å². The van der Waals surface area contributed by atoms with E-state index in [2.05, 4.69) is 10.9 Å². The molecule has 0 radical (unpaired) electrons. The van der Waals surface area contributed by atoms with E-state index in [9.17, 15) is 4.79 Å². The van der Waals surface area contributed by atoms with Crippen LogP contribution in [0.5, 0.6) is 11.5 Å². The fourth-order valence-electron chi connectivity index (χ4n) is 3.48. The Labute approximate surface area is 202 Å². The lowest BCUT2D eigenvalue weighted by molar-refractivity contribution is -0.119. The Morgan fingerprint density at radius 2 is 1.74 bits per heavy atom. The zero-order valence-corrected chi connectivity index (χ0v) is 19.8. The molecule has 0 spiro atoms. The molecule has 0 saturated carbocycles. The Morgan fingerprint density at radius 1 is 1.00 bits per heavy atom. The maximum Gasteiger partial charge on any atom is 0.239 e. The molecular weight excluding hydrogens is 454 g/mol. The molecule has 2 N–H and O–H groups in total. The number of ether oxygens (including phenoxy) is 2. The van der Waals surface area contributed by atoms with Crippen molar-refractivity contribution in [3.05, 3.63) is 88.4 Å². The normalized spacial score (nSPS) is 12.6. The van der Waals surface area contributed by atoms with Gasteiger partial charge in [-0.15, -0.1) is 0 Å². The third-order valence-corrected chi connectivity index (χ3v) is 5.35. The lowest BCUT2D eigenvalue weighted by atomic mass is 10.0. The summed E-state index contributed by atoms with van der Waals surface area (Å²) in [6, 6.07) is 20.8. The van der Waals surface area contributed by atoms with Gasteiger partial charge in [0, 0.05) is 23.1 Å². The van der Waals surface area contributed by atoms with Crippen molar-refractivity contribution in [1.29, 1.82) is 0 Å². The molecule has 1 aliphatic heterocycles. The van der Waals surface area contributed by atoms with Crippen LogP contribution in [0, 0.1) is 0 Å². The van der Waals surface area contributed by atoms with E-state index in [1.165, 1.54) is 6.92 Å². The second-order valence-corrected chi connectivity index (χ2v) is 7.90. The molecule has 4 rings (SSSR count).